The predicted molar refractivity (Wildman–Crippen MR) is 77.7 cm³/mol. The fraction of sp³-hybridized carbons (Fsp3) is 0.143. The lowest BCUT2D eigenvalue weighted by molar-refractivity contribution is -0.128. The summed E-state index contributed by atoms with van der Waals surface area (Å²) < 4.78 is 5.17. The molecule has 0 amide bonds. The minimum absolute atomic E-state index is 0.366. The molecule has 19 heavy (non-hydrogen) atoms. The molecule has 2 rings (SSSR count). The third kappa shape index (κ3) is 3.91. The van der Waals surface area contributed by atoms with Gasteiger partial charge in [0.25, 0.3) is 0 Å². The van der Waals surface area contributed by atoms with Gasteiger partial charge in [0.2, 0.25) is 0 Å². The predicted octanol–water partition coefficient (Wildman–Crippen LogP) is 4.03. The molecule has 0 spiro atoms. The summed E-state index contributed by atoms with van der Waals surface area (Å²) in [6, 6.07) is 5.28. The molecule has 0 fully saturated rings. The minimum Gasteiger partial charge on any atom is -0.422 e. The van der Waals surface area contributed by atoms with Gasteiger partial charge in [-0.2, -0.15) is 0 Å². The summed E-state index contributed by atoms with van der Waals surface area (Å²) in [5.74, 6) is -0.107. The molecular formula is C14H12ClNO2S. The van der Waals surface area contributed by atoms with E-state index in [9.17, 15) is 4.79 Å². The summed E-state index contributed by atoms with van der Waals surface area (Å²) in [7, 11) is 0. The van der Waals surface area contributed by atoms with E-state index in [1.165, 1.54) is 17.4 Å². The van der Waals surface area contributed by atoms with Crippen molar-refractivity contribution >= 4 is 35.0 Å². The topological polar surface area (TPSA) is 39.2 Å². The number of aryl methyl sites for hydroxylation is 2. The molecule has 0 N–H and O–H groups in total. The molecule has 5 heteroatoms. The molecule has 0 radical (unpaired) electrons. The summed E-state index contributed by atoms with van der Waals surface area (Å²) in [5.41, 5.74) is 1.72. The lowest BCUT2D eigenvalue weighted by Crippen LogP contribution is -2.04. The number of benzene rings is 1. The van der Waals surface area contributed by atoms with Gasteiger partial charge >= 0.3 is 5.97 Å². The van der Waals surface area contributed by atoms with Crippen LogP contribution in [0.4, 0.5) is 0 Å². The fourth-order valence-corrected chi connectivity index (χ4v) is 2.18. The Labute approximate surface area is 120 Å². The Morgan fingerprint density at radius 1 is 1.42 bits per heavy atom. The summed E-state index contributed by atoms with van der Waals surface area (Å²) in [5, 5.41) is 3.24. The number of hydrogen-bond donors (Lipinski definition) is 0. The summed E-state index contributed by atoms with van der Waals surface area (Å²) in [6.07, 6.45) is 2.96. The van der Waals surface area contributed by atoms with Gasteiger partial charge in [0.1, 0.15) is 5.75 Å². The zero-order chi connectivity index (χ0) is 13.8. The third-order valence-electron chi connectivity index (χ3n) is 2.32. The van der Waals surface area contributed by atoms with E-state index in [-0.39, 0.29) is 0 Å². The lowest BCUT2D eigenvalue weighted by atomic mass is 10.2. The number of aromatic nitrogens is 1. The second-order valence-corrected chi connectivity index (χ2v) is 5.45. The van der Waals surface area contributed by atoms with Crippen LogP contribution in [0.5, 0.6) is 5.75 Å². The van der Waals surface area contributed by atoms with Crippen molar-refractivity contribution in [1.82, 2.24) is 4.98 Å². The number of ether oxygens (including phenoxy) is 1. The van der Waals surface area contributed by atoms with Crippen LogP contribution in [-0.4, -0.2) is 11.0 Å². The van der Waals surface area contributed by atoms with Gasteiger partial charge in [-0.05, 0) is 37.6 Å². The van der Waals surface area contributed by atoms with E-state index in [1.807, 2.05) is 25.3 Å². The second-order valence-electron chi connectivity index (χ2n) is 3.98. The quantitative estimate of drug-likeness (QED) is 0.487. The number of rotatable bonds is 3. The highest BCUT2D eigenvalue weighted by Crippen LogP contribution is 2.25. The van der Waals surface area contributed by atoms with E-state index >= 15 is 0 Å². The standard InChI is InChI=1S/C14H12ClNO2S/c1-9-3-5-12(15)13(7-9)18-14(17)6-4-11-8-19-10(2)16-11/h3-8H,1-2H3/b6-4+. The van der Waals surface area contributed by atoms with Gasteiger partial charge in [0.05, 0.1) is 15.7 Å². The van der Waals surface area contributed by atoms with Crippen LogP contribution in [-0.2, 0) is 4.79 Å². The van der Waals surface area contributed by atoms with Crippen molar-refractivity contribution in [1.29, 1.82) is 0 Å². The van der Waals surface area contributed by atoms with E-state index in [2.05, 4.69) is 4.98 Å². The maximum absolute atomic E-state index is 11.7. The van der Waals surface area contributed by atoms with E-state index < -0.39 is 5.97 Å². The minimum atomic E-state index is -0.474. The number of carbonyl (C=O) groups is 1. The van der Waals surface area contributed by atoms with E-state index in [0.29, 0.717) is 10.8 Å². The number of carbonyl (C=O) groups excluding carboxylic acids is 1. The average molecular weight is 294 g/mol. The van der Waals surface area contributed by atoms with Crippen LogP contribution in [0.25, 0.3) is 6.08 Å². The van der Waals surface area contributed by atoms with Gasteiger partial charge in [0, 0.05) is 11.5 Å². The van der Waals surface area contributed by atoms with Crippen LogP contribution < -0.4 is 4.74 Å². The van der Waals surface area contributed by atoms with Crippen LogP contribution in [0.3, 0.4) is 0 Å². The monoisotopic (exact) mass is 293 g/mol. The van der Waals surface area contributed by atoms with Gasteiger partial charge < -0.3 is 4.74 Å². The number of thiazole rings is 1. The largest absolute Gasteiger partial charge is 0.422 e. The highest BCUT2D eigenvalue weighted by Gasteiger charge is 2.06. The number of nitrogens with zero attached hydrogens (tertiary/aromatic N) is 1. The number of halogens is 1. The van der Waals surface area contributed by atoms with Gasteiger partial charge in [-0.15, -0.1) is 11.3 Å². The lowest BCUT2D eigenvalue weighted by Gasteiger charge is -2.04. The maximum atomic E-state index is 11.7. The van der Waals surface area contributed by atoms with Crippen molar-refractivity contribution in [2.24, 2.45) is 0 Å². The first-order valence-electron chi connectivity index (χ1n) is 5.63. The van der Waals surface area contributed by atoms with Crippen LogP contribution >= 0.6 is 22.9 Å². The molecule has 1 aromatic heterocycles. The highest BCUT2D eigenvalue weighted by atomic mass is 35.5. The molecular weight excluding hydrogens is 282 g/mol. The van der Waals surface area contributed by atoms with Crippen LogP contribution in [0.1, 0.15) is 16.3 Å². The molecule has 1 aromatic carbocycles. The number of esters is 1. The van der Waals surface area contributed by atoms with Crippen molar-refractivity contribution < 1.29 is 9.53 Å². The Bertz CT molecular complexity index is 634. The molecule has 0 aliphatic heterocycles. The smallest absolute Gasteiger partial charge is 0.336 e. The molecule has 1 heterocycles. The Balaban J connectivity index is 2.05. The molecule has 0 atom stereocenters. The normalized spacial score (nSPS) is 10.9. The van der Waals surface area contributed by atoms with Crippen LogP contribution in [0, 0.1) is 13.8 Å². The first-order valence-corrected chi connectivity index (χ1v) is 6.88. The fourth-order valence-electron chi connectivity index (χ4n) is 1.44. The molecule has 0 aliphatic rings. The molecule has 98 valence electrons. The SMILES string of the molecule is Cc1ccc(Cl)c(OC(=O)/C=C/c2csc(C)n2)c1. The molecule has 0 bridgehead atoms. The van der Waals surface area contributed by atoms with Crippen LogP contribution in [0.2, 0.25) is 5.02 Å². The van der Waals surface area contributed by atoms with Gasteiger partial charge in [-0.3, -0.25) is 0 Å². The van der Waals surface area contributed by atoms with Gasteiger partial charge in [0.15, 0.2) is 0 Å². The zero-order valence-corrected chi connectivity index (χ0v) is 12.1. The van der Waals surface area contributed by atoms with Gasteiger partial charge in [-0.25, -0.2) is 9.78 Å². The van der Waals surface area contributed by atoms with Crippen molar-refractivity contribution in [3.8, 4) is 5.75 Å². The van der Waals surface area contributed by atoms with Crippen molar-refractivity contribution in [3.05, 3.63) is 50.9 Å². The van der Waals surface area contributed by atoms with Crippen LogP contribution in [0.15, 0.2) is 29.7 Å². The van der Waals surface area contributed by atoms with Gasteiger partial charge in [-0.1, -0.05) is 17.7 Å². The number of hydrogen-bond acceptors (Lipinski definition) is 4. The van der Waals surface area contributed by atoms with Crippen molar-refractivity contribution in [2.75, 3.05) is 0 Å². The molecule has 0 saturated carbocycles. The molecule has 3 nitrogen and oxygen atoms in total. The highest BCUT2D eigenvalue weighted by molar-refractivity contribution is 7.09. The van der Waals surface area contributed by atoms with E-state index in [4.69, 9.17) is 16.3 Å². The van der Waals surface area contributed by atoms with E-state index in [0.717, 1.165) is 16.3 Å². The first-order chi connectivity index (χ1) is 9.04. The van der Waals surface area contributed by atoms with Crippen molar-refractivity contribution in [2.45, 2.75) is 13.8 Å². The first kappa shape index (κ1) is 13.8. The molecule has 0 aliphatic carbocycles. The average Bonchev–Trinajstić information content (AvgIpc) is 2.77. The summed E-state index contributed by atoms with van der Waals surface area (Å²) in [6.45, 7) is 3.81. The Morgan fingerprint density at radius 3 is 2.89 bits per heavy atom. The Kier molecular flexibility index (Phi) is 4.35. The Hall–Kier alpha value is -1.65. The van der Waals surface area contributed by atoms with Crippen molar-refractivity contribution in [3.63, 3.8) is 0 Å². The summed E-state index contributed by atoms with van der Waals surface area (Å²) in [4.78, 5) is 15.9. The zero-order valence-electron chi connectivity index (χ0n) is 10.5. The summed E-state index contributed by atoms with van der Waals surface area (Å²) >= 11 is 7.48. The molecule has 0 unspecified atom stereocenters. The second kappa shape index (κ2) is 5.99. The molecule has 0 saturated heterocycles. The molecule has 2 aromatic rings. The van der Waals surface area contributed by atoms with E-state index in [1.54, 1.807) is 18.2 Å². The Morgan fingerprint density at radius 2 is 2.21 bits per heavy atom. The maximum Gasteiger partial charge on any atom is 0.336 e. The third-order valence-corrected chi connectivity index (χ3v) is 3.43.